The normalized spacial score (nSPS) is 11.5. The number of amides is 2. The van der Waals surface area contributed by atoms with Crippen molar-refractivity contribution in [2.24, 2.45) is 0 Å². The van der Waals surface area contributed by atoms with E-state index in [0.29, 0.717) is 25.3 Å². The number of nitrogens with zero attached hydrogens (tertiary/aromatic N) is 1. The van der Waals surface area contributed by atoms with Crippen molar-refractivity contribution in [3.05, 3.63) is 100 Å². The van der Waals surface area contributed by atoms with Crippen LogP contribution in [0.1, 0.15) is 23.6 Å². The van der Waals surface area contributed by atoms with E-state index in [-0.39, 0.29) is 18.4 Å². The van der Waals surface area contributed by atoms with Crippen LogP contribution in [0.3, 0.4) is 0 Å². The maximum atomic E-state index is 13.4. The van der Waals surface area contributed by atoms with Gasteiger partial charge < -0.3 is 15.0 Å². The van der Waals surface area contributed by atoms with Crippen LogP contribution in [0, 0.1) is 6.92 Å². The first-order chi connectivity index (χ1) is 16.0. The standard InChI is InChI=1S/C27H29BrN2O3/c1-3-29-27(32)25(17-21-10-5-4-6-11-21)30(18-22-12-8-13-23(28)16-22)26(31)19-33-24-14-7-9-20(2)15-24/h4-16,25H,3,17-19H2,1-2H3,(H,29,32)/t25-/m0/s1. The van der Waals surface area contributed by atoms with E-state index in [0.717, 1.165) is 21.2 Å². The summed E-state index contributed by atoms with van der Waals surface area (Å²) < 4.78 is 6.72. The van der Waals surface area contributed by atoms with E-state index in [1.54, 1.807) is 4.90 Å². The number of hydrogen-bond acceptors (Lipinski definition) is 3. The topological polar surface area (TPSA) is 58.6 Å². The SMILES string of the molecule is CCNC(=O)[C@H](Cc1ccccc1)N(Cc1cccc(Br)c1)C(=O)COc1cccc(C)c1. The fourth-order valence-corrected chi connectivity index (χ4v) is 4.06. The molecular weight excluding hydrogens is 480 g/mol. The molecule has 0 aromatic heterocycles. The van der Waals surface area contributed by atoms with Gasteiger partial charge in [0.1, 0.15) is 11.8 Å². The second kappa shape index (κ2) is 12.2. The minimum absolute atomic E-state index is 0.151. The molecule has 1 atom stereocenters. The van der Waals surface area contributed by atoms with Crippen LogP contribution in [0.4, 0.5) is 0 Å². The van der Waals surface area contributed by atoms with Gasteiger partial charge in [-0.2, -0.15) is 0 Å². The molecule has 0 aliphatic carbocycles. The molecule has 0 aliphatic rings. The second-order valence-electron chi connectivity index (χ2n) is 7.86. The van der Waals surface area contributed by atoms with Crippen molar-refractivity contribution in [2.75, 3.05) is 13.2 Å². The quantitative estimate of drug-likeness (QED) is 0.423. The third kappa shape index (κ3) is 7.46. The lowest BCUT2D eigenvalue weighted by molar-refractivity contribution is -0.142. The average Bonchev–Trinajstić information content (AvgIpc) is 2.80. The average molecular weight is 509 g/mol. The maximum absolute atomic E-state index is 13.4. The summed E-state index contributed by atoms with van der Waals surface area (Å²) >= 11 is 3.49. The van der Waals surface area contributed by atoms with Crippen molar-refractivity contribution >= 4 is 27.7 Å². The van der Waals surface area contributed by atoms with Gasteiger partial charge in [0.25, 0.3) is 5.91 Å². The lowest BCUT2D eigenvalue weighted by Crippen LogP contribution is -2.51. The first-order valence-corrected chi connectivity index (χ1v) is 11.8. The number of carbonyl (C=O) groups is 2. The molecule has 2 amide bonds. The minimum atomic E-state index is -0.667. The lowest BCUT2D eigenvalue weighted by atomic mass is 10.0. The molecule has 33 heavy (non-hydrogen) atoms. The maximum Gasteiger partial charge on any atom is 0.261 e. The smallest absolute Gasteiger partial charge is 0.261 e. The van der Waals surface area contributed by atoms with Crippen LogP contribution < -0.4 is 10.1 Å². The third-order valence-electron chi connectivity index (χ3n) is 5.22. The molecule has 3 aromatic rings. The highest BCUT2D eigenvalue weighted by Crippen LogP contribution is 2.19. The van der Waals surface area contributed by atoms with Gasteiger partial charge in [0.2, 0.25) is 5.91 Å². The van der Waals surface area contributed by atoms with Crippen LogP contribution >= 0.6 is 15.9 Å². The number of ether oxygens (including phenoxy) is 1. The highest BCUT2D eigenvalue weighted by Gasteiger charge is 2.30. The van der Waals surface area contributed by atoms with Gasteiger partial charge in [-0.05, 0) is 54.8 Å². The van der Waals surface area contributed by atoms with Crippen molar-refractivity contribution in [1.29, 1.82) is 0 Å². The molecule has 3 rings (SSSR count). The van der Waals surface area contributed by atoms with Gasteiger partial charge in [0.15, 0.2) is 6.61 Å². The van der Waals surface area contributed by atoms with E-state index in [1.807, 2.05) is 92.7 Å². The van der Waals surface area contributed by atoms with E-state index in [2.05, 4.69) is 21.2 Å². The Bertz CT molecular complexity index is 1070. The number of benzene rings is 3. The summed E-state index contributed by atoms with van der Waals surface area (Å²) in [6.45, 7) is 4.48. The fourth-order valence-electron chi connectivity index (χ4n) is 3.61. The van der Waals surface area contributed by atoms with E-state index >= 15 is 0 Å². The molecule has 0 unspecified atom stereocenters. The highest BCUT2D eigenvalue weighted by molar-refractivity contribution is 9.10. The number of rotatable bonds is 10. The molecule has 0 radical (unpaired) electrons. The Kier molecular flexibility index (Phi) is 9.07. The monoisotopic (exact) mass is 508 g/mol. The first-order valence-electron chi connectivity index (χ1n) is 11.0. The van der Waals surface area contributed by atoms with Gasteiger partial charge in [-0.1, -0.05) is 70.5 Å². The number of aryl methyl sites for hydroxylation is 1. The van der Waals surface area contributed by atoms with Gasteiger partial charge in [0, 0.05) is 24.0 Å². The van der Waals surface area contributed by atoms with Gasteiger partial charge in [0.05, 0.1) is 0 Å². The van der Waals surface area contributed by atoms with Crippen molar-refractivity contribution in [3.8, 4) is 5.75 Å². The number of likely N-dealkylation sites (N-methyl/N-ethyl adjacent to an activating group) is 1. The van der Waals surface area contributed by atoms with Crippen molar-refractivity contribution < 1.29 is 14.3 Å². The number of hydrogen-bond donors (Lipinski definition) is 1. The third-order valence-corrected chi connectivity index (χ3v) is 5.71. The van der Waals surface area contributed by atoms with E-state index in [9.17, 15) is 9.59 Å². The Morgan fingerprint density at radius 1 is 0.970 bits per heavy atom. The molecule has 6 heteroatoms. The summed E-state index contributed by atoms with van der Waals surface area (Å²) in [5.41, 5.74) is 2.96. The van der Waals surface area contributed by atoms with Crippen LogP contribution in [-0.4, -0.2) is 35.9 Å². The molecule has 172 valence electrons. The highest BCUT2D eigenvalue weighted by atomic mass is 79.9. The molecule has 0 fully saturated rings. The molecule has 5 nitrogen and oxygen atoms in total. The first kappa shape index (κ1) is 24.5. The molecule has 0 spiro atoms. The zero-order valence-electron chi connectivity index (χ0n) is 19.0. The summed E-state index contributed by atoms with van der Waals surface area (Å²) in [5, 5.41) is 2.90. The number of nitrogens with one attached hydrogen (secondary N) is 1. The van der Waals surface area contributed by atoms with Crippen molar-refractivity contribution in [2.45, 2.75) is 32.9 Å². The molecule has 3 aromatic carbocycles. The molecule has 1 N–H and O–H groups in total. The largest absolute Gasteiger partial charge is 0.484 e. The van der Waals surface area contributed by atoms with Crippen LogP contribution in [0.25, 0.3) is 0 Å². The number of halogens is 1. The molecule has 0 saturated carbocycles. The molecule has 0 bridgehead atoms. The Morgan fingerprint density at radius 3 is 2.39 bits per heavy atom. The van der Waals surface area contributed by atoms with Gasteiger partial charge in [-0.3, -0.25) is 9.59 Å². The molecule has 0 aliphatic heterocycles. The van der Waals surface area contributed by atoms with Gasteiger partial charge in [-0.15, -0.1) is 0 Å². The van der Waals surface area contributed by atoms with Crippen LogP contribution in [-0.2, 0) is 22.6 Å². The Labute approximate surface area is 203 Å². The van der Waals surface area contributed by atoms with Crippen molar-refractivity contribution in [3.63, 3.8) is 0 Å². The predicted octanol–water partition coefficient (Wildman–Crippen LogP) is 4.91. The molecular formula is C27H29BrN2O3. The van der Waals surface area contributed by atoms with Crippen LogP contribution in [0.2, 0.25) is 0 Å². The molecule has 0 saturated heterocycles. The summed E-state index contributed by atoms with van der Waals surface area (Å²) in [6, 6.07) is 24.4. The zero-order valence-corrected chi connectivity index (χ0v) is 20.5. The predicted molar refractivity (Wildman–Crippen MR) is 134 cm³/mol. The van der Waals surface area contributed by atoms with Gasteiger partial charge in [-0.25, -0.2) is 0 Å². The second-order valence-corrected chi connectivity index (χ2v) is 8.77. The fraction of sp³-hybridized carbons (Fsp3) is 0.259. The summed E-state index contributed by atoms with van der Waals surface area (Å²) in [5.74, 6) is 0.201. The Morgan fingerprint density at radius 2 is 1.70 bits per heavy atom. The van der Waals surface area contributed by atoms with E-state index in [4.69, 9.17) is 4.74 Å². The number of carbonyl (C=O) groups excluding carboxylic acids is 2. The summed E-state index contributed by atoms with van der Waals surface area (Å²) in [7, 11) is 0. The Hall–Kier alpha value is -3.12. The lowest BCUT2D eigenvalue weighted by Gasteiger charge is -2.31. The summed E-state index contributed by atoms with van der Waals surface area (Å²) in [4.78, 5) is 28.2. The van der Waals surface area contributed by atoms with E-state index in [1.165, 1.54) is 0 Å². The van der Waals surface area contributed by atoms with Crippen LogP contribution in [0.15, 0.2) is 83.3 Å². The zero-order chi connectivity index (χ0) is 23.6. The van der Waals surface area contributed by atoms with Crippen LogP contribution in [0.5, 0.6) is 5.75 Å². The summed E-state index contributed by atoms with van der Waals surface area (Å²) in [6.07, 6.45) is 0.414. The van der Waals surface area contributed by atoms with Crippen molar-refractivity contribution in [1.82, 2.24) is 10.2 Å². The van der Waals surface area contributed by atoms with E-state index < -0.39 is 6.04 Å². The van der Waals surface area contributed by atoms with Gasteiger partial charge >= 0.3 is 0 Å². The minimum Gasteiger partial charge on any atom is -0.484 e. The Balaban J connectivity index is 1.89. The molecule has 0 heterocycles.